The van der Waals surface area contributed by atoms with Gasteiger partial charge in [-0.15, -0.1) is 0 Å². The van der Waals surface area contributed by atoms with Gasteiger partial charge >= 0.3 is 0 Å². The van der Waals surface area contributed by atoms with Gasteiger partial charge in [0.25, 0.3) is 0 Å². The van der Waals surface area contributed by atoms with Crippen LogP contribution in [0.1, 0.15) is 64.4 Å². The molecule has 0 aliphatic heterocycles. The van der Waals surface area contributed by atoms with Crippen molar-refractivity contribution < 1.29 is 4.79 Å². The Kier molecular flexibility index (Phi) is 6.59. The van der Waals surface area contributed by atoms with Crippen LogP contribution < -0.4 is 11.1 Å². The molecule has 1 aromatic rings. The molecule has 24 heavy (non-hydrogen) atoms. The van der Waals surface area contributed by atoms with E-state index in [-0.39, 0.29) is 5.91 Å². The molecule has 1 aliphatic carbocycles. The summed E-state index contributed by atoms with van der Waals surface area (Å²) in [6.45, 7) is 3.53. The number of benzene rings is 1. The molecular formula is C20H29N3O. The van der Waals surface area contributed by atoms with Crippen molar-refractivity contribution in [3.05, 3.63) is 35.5 Å². The van der Waals surface area contributed by atoms with Crippen molar-refractivity contribution in [1.82, 2.24) is 0 Å². The number of nitrogens with two attached hydrogens (primary N) is 1. The van der Waals surface area contributed by atoms with Gasteiger partial charge in [0.1, 0.15) is 0 Å². The zero-order chi connectivity index (χ0) is 17.5. The van der Waals surface area contributed by atoms with Gasteiger partial charge in [0.15, 0.2) is 0 Å². The predicted molar refractivity (Wildman–Crippen MR) is 101 cm³/mol. The molecule has 130 valence electrons. The molecule has 1 saturated carbocycles. The first kappa shape index (κ1) is 18.2. The largest absolute Gasteiger partial charge is 0.402 e. The number of hydrogen-bond acceptors (Lipinski definition) is 3. The summed E-state index contributed by atoms with van der Waals surface area (Å²) in [4.78, 5) is 12.3. The lowest BCUT2D eigenvalue weighted by atomic mass is 9.96. The lowest BCUT2D eigenvalue weighted by molar-refractivity contribution is -0.117. The van der Waals surface area contributed by atoms with Crippen molar-refractivity contribution in [2.45, 2.75) is 58.8 Å². The van der Waals surface area contributed by atoms with Crippen LogP contribution in [-0.2, 0) is 4.79 Å². The number of carbonyl (C=O) groups is 1. The van der Waals surface area contributed by atoms with E-state index in [0.717, 1.165) is 16.8 Å². The number of nitrogens with one attached hydrogen (secondary N) is 2. The second-order valence-corrected chi connectivity index (χ2v) is 6.87. The van der Waals surface area contributed by atoms with Crippen molar-refractivity contribution in [3.8, 4) is 0 Å². The minimum absolute atomic E-state index is 0.101. The highest BCUT2D eigenvalue weighted by Crippen LogP contribution is 2.26. The fourth-order valence-corrected chi connectivity index (χ4v) is 3.50. The fourth-order valence-electron chi connectivity index (χ4n) is 3.50. The van der Waals surface area contributed by atoms with Gasteiger partial charge in [-0.3, -0.25) is 4.79 Å². The summed E-state index contributed by atoms with van der Waals surface area (Å²) >= 11 is 0. The first-order valence-corrected chi connectivity index (χ1v) is 8.89. The molecule has 1 fully saturated rings. The molecule has 0 radical (unpaired) electrons. The molecule has 0 bridgehead atoms. The lowest BCUT2D eigenvalue weighted by Crippen LogP contribution is -2.16. The highest BCUT2D eigenvalue weighted by molar-refractivity contribution is 6.21. The second kappa shape index (κ2) is 8.67. The van der Waals surface area contributed by atoms with Crippen LogP contribution >= 0.6 is 0 Å². The Balaban J connectivity index is 1.97. The van der Waals surface area contributed by atoms with Crippen molar-refractivity contribution >= 4 is 22.9 Å². The molecule has 1 amide bonds. The quantitative estimate of drug-likeness (QED) is 0.540. The number of allylic oxidation sites excluding steroid dienone is 2. The van der Waals surface area contributed by atoms with E-state index < -0.39 is 0 Å². The smallest absolute Gasteiger partial charge is 0.224 e. The SMILES string of the molecule is CC(=N)/C(=C(/C)N)c1ccc(NC(=O)CC2CCCCCC2)cc1. The van der Waals surface area contributed by atoms with Crippen LogP contribution in [0.15, 0.2) is 30.0 Å². The zero-order valence-corrected chi connectivity index (χ0v) is 14.8. The maximum absolute atomic E-state index is 12.3. The molecule has 4 N–H and O–H groups in total. The van der Waals surface area contributed by atoms with E-state index in [1.54, 1.807) is 13.8 Å². The van der Waals surface area contributed by atoms with E-state index in [0.29, 0.717) is 23.7 Å². The Morgan fingerprint density at radius 2 is 1.71 bits per heavy atom. The molecule has 1 aliphatic rings. The minimum atomic E-state index is 0.101. The number of amides is 1. The number of hydrogen-bond donors (Lipinski definition) is 3. The van der Waals surface area contributed by atoms with E-state index in [1.165, 1.54) is 38.5 Å². The Morgan fingerprint density at radius 1 is 1.12 bits per heavy atom. The fraction of sp³-hybridized carbons (Fsp3) is 0.500. The molecule has 0 saturated heterocycles. The van der Waals surface area contributed by atoms with E-state index in [1.807, 2.05) is 24.3 Å². The first-order chi connectivity index (χ1) is 11.5. The normalized spacial score (nSPS) is 16.9. The summed E-state index contributed by atoms with van der Waals surface area (Å²) in [5, 5.41) is 10.8. The molecule has 1 aromatic carbocycles. The molecule has 4 heteroatoms. The standard InChI is InChI=1S/C20H29N3O/c1-14(21)20(15(2)22)17-9-11-18(12-10-17)23-19(24)13-16-7-5-3-4-6-8-16/h9-12,16,21H,3-8,13,22H2,1-2H3,(H,23,24)/b20-15+,21-14?. The topological polar surface area (TPSA) is 79.0 Å². The molecule has 0 spiro atoms. The number of anilines is 1. The maximum atomic E-state index is 12.3. The van der Waals surface area contributed by atoms with E-state index in [2.05, 4.69) is 5.32 Å². The van der Waals surface area contributed by atoms with Gasteiger partial charge in [0.2, 0.25) is 5.91 Å². The molecular weight excluding hydrogens is 298 g/mol. The van der Waals surface area contributed by atoms with Crippen LogP contribution in [0.2, 0.25) is 0 Å². The monoisotopic (exact) mass is 327 g/mol. The van der Waals surface area contributed by atoms with Gasteiger partial charge in [-0.05, 0) is 50.3 Å². The van der Waals surface area contributed by atoms with Crippen LogP contribution in [0.5, 0.6) is 0 Å². The van der Waals surface area contributed by atoms with Crippen molar-refractivity contribution in [2.24, 2.45) is 11.7 Å². The van der Waals surface area contributed by atoms with E-state index in [9.17, 15) is 4.79 Å². The highest BCUT2D eigenvalue weighted by Gasteiger charge is 2.16. The van der Waals surface area contributed by atoms with E-state index in [4.69, 9.17) is 11.1 Å². The van der Waals surface area contributed by atoms with Crippen molar-refractivity contribution in [1.29, 1.82) is 5.41 Å². The van der Waals surface area contributed by atoms with E-state index >= 15 is 0 Å². The van der Waals surface area contributed by atoms with Crippen LogP contribution in [0.4, 0.5) is 5.69 Å². The Morgan fingerprint density at radius 3 is 2.21 bits per heavy atom. The van der Waals surface area contributed by atoms with Gasteiger partial charge < -0.3 is 16.5 Å². The van der Waals surface area contributed by atoms with Crippen LogP contribution in [0, 0.1) is 11.3 Å². The summed E-state index contributed by atoms with van der Waals surface area (Å²) in [7, 11) is 0. The summed E-state index contributed by atoms with van der Waals surface area (Å²) < 4.78 is 0. The summed E-state index contributed by atoms with van der Waals surface area (Å²) in [5.41, 5.74) is 9.41. The van der Waals surface area contributed by atoms with Gasteiger partial charge in [-0.1, -0.05) is 37.8 Å². The molecule has 0 atom stereocenters. The van der Waals surface area contributed by atoms with Gasteiger partial charge in [-0.2, -0.15) is 0 Å². The van der Waals surface area contributed by atoms with Crippen LogP contribution in [-0.4, -0.2) is 11.6 Å². The third-order valence-electron chi connectivity index (χ3n) is 4.68. The summed E-state index contributed by atoms with van der Waals surface area (Å²) in [5.74, 6) is 0.630. The summed E-state index contributed by atoms with van der Waals surface area (Å²) in [6, 6.07) is 7.58. The highest BCUT2D eigenvalue weighted by atomic mass is 16.1. The molecule has 0 aromatic heterocycles. The minimum Gasteiger partial charge on any atom is -0.402 e. The van der Waals surface area contributed by atoms with Gasteiger partial charge in [0.05, 0.1) is 0 Å². The molecule has 4 nitrogen and oxygen atoms in total. The number of carbonyl (C=O) groups excluding carboxylic acids is 1. The van der Waals surface area contributed by atoms with Crippen molar-refractivity contribution in [3.63, 3.8) is 0 Å². The van der Waals surface area contributed by atoms with Gasteiger partial charge in [0, 0.05) is 29.1 Å². The van der Waals surface area contributed by atoms with Crippen LogP contribution in [0.3, 0.4) is 0 Å². The average molecular weight is 327 g/mol. The first-order valence-electron chi connectivity index (χ1n) is 8.89. The third-order valence-corrected chi connectivity index (χ3v) is 4.68. The average Bonchev–Trinajstić information content (AvgIpc) is 2.77. The second-order valence-electron chi connectivity index (χ2n) is 6.87. The third kappa shape index (κ3) is 5.22. The van der Waals surface area contributed by atoms with Crippen molar-refractivity contribution in [2.75, 3.05) is 5.32 Å². The Bertz CT molecular complexity index is 604. The van der Waals surface area contributed by atoms with Gasteiger partial charge in [-0.25, -0.2) is 0 Å². The maximum Gasteiger partial charge on any atom is 0.224 e. The predicted octanol–water partition coefficient (Wildman–Crippen LogP) is 4.71. The molecule has 0 unspecified atom stereocenters. The molecule has 0 heterocycles. The Hall–Kier alpha value is -2.10. The molecule has 2 rings (SSSR count). The van der Waals surface area contributed by atoms with Crippen LogP contribution in [0.25, 0.3) is 5.57 Å². The Labute approximate surface area is 145 Å². The summed E-state index contributed by atoms with van der Waals surface area (Å²) in [6.07, 6.45) is 8.09. The lowest BCUT2D eigenvalue weighted by Gasteiger charge is -2.14. The zero-order valence-electron chi connectivity index (χ0n) is 14.8. The number of rotatable bonds is 5.